The summed E-state index contributed by atoms with van der Waals surface area (Å²) in [6, 6.07) is 0. The van der Waals surface area contributed by atoms with Crippen LogP contribution in [0.15, 0.2) is 35.5 Å². The molecule has 0 aliphatic heterocycles. The summed E-state index contributed by atoms with van der Waals surface area (Å²) in [5.74, 6) is 3.74. The molecule has 0 bridgehead atoms. The topological polar surface area (TPSA) is 69.9 Å². The van der Waals surface area contributed by atoms with E-state index in [1.807, 2.05) is 6.08 Å². The Labute approximate surface area is 208 Å². The van der Waals surface area contributed by atoms with Gasteiger partial charge in [-0.3, -0.25) is 0 Å². The fourth-order valence-corrected chi connectivity index (χ4v) is 6.83. The first kappa shape index (κ1) is 27.6. The van der Waals surface area contributed by atoms with Crippen LogP contribution in [-0.2, 0) is 4.74 Å². The molecule has 3 aliphatic rings. The molecule has 0 amide bonds. The number of ether oxygens (including phenoxy) is 1. The van der Waals surface area contributed by atoms with E-state index in [1.54, 1.807) is 0 Å². The molecule has 194 valence electrons. The fraction of sp³-hybridized carbons (Fsp3) is 0.800. The molecule has 0 spiro atoms. The van der Waals surface area contributed by atoms with Gasteiger partial charge in [0.05, 0.1) is 6.10 Å². The van der Waals surface area contributed by atoms with Crippen molar-refractivity contribution in [3.8, 4) is 0 Å². The Balaban J connectivity index is 1.63. The zero-order chi connectivity index (χ0) is 24.9. The van der Waals surface area contributed by atoms with Crippen molar-refractivity contribution in [3.05, 3.63) is 35.5 Å². The molecule has 0 heterocycles. The van der Waals surface area contributed by atoms with Gasteiger partial charge in [0.25, 0.3) is 0 Å². The van der Waals surface area contributed by atoms with Crippen molar-refractivity contribution < 1.29 is 20.1 Å². The van der Waals surface area contributed by atoms with Gasteiger partial charge in [0.1, 0.15) is 12.2 Å². The van der Waals surface area contributed by atoms with Gasteiger partial charge in [0.2, 0.25) is 0 Å². The maximum atomic E-state index is 10.5. The predicted molar refractivity (Wildman–Crippen MR) is 139 cm³/mol. The van der Waals surface area contributed by atoms with E-state index >= 15 is 0 Å². The second-order valence-electron chi connectivity index (χ2n) is 12.0. The van der Waals surface area contributed by atoms with Crippen LogP contribution in [0.25, 0.3) is 0 Å². The van der Waals surface area contributed by atoms with E-state index < -0.39 is 18.3 Å². The lowest BCUT2D eigenvalue weighted by molar-refractivity contribution is -0.0919. The van der Waals surface area contributed by atoms with Gasteiger partial charge in [-0.2, -0.15) is 0 Å². The molecule has 0 saturated heterocycles. The predicted octanol–water partition coefficient (Wildman–Crippen LogP) is 5.82. The lowest BCUT2D eigenvalue weighted by Crippen LogP contribution is -2.42. The lowest BCUT2D eigenvalue weighted by Gasteiger charge is -2.43. The van der Waals surface area contributed by atoms with Gasteiger partial charge in [0, 0.05) is 19.6 Å². The quantitative estimate of drug-likeness (QED) is 0.330. The smallest absolute Gasteiger partial charge is 0.113 e. The average Bonchev–Trinajstić information content (AvgIpc) is 3.15. The minimum Gasteiger partial charge on any atom is -0.396 e. The summed E-state index contributed by atoms with van der Waals surface area (Å²) in [5.41, 5.74) is 2.80. The highest BCUT2D eigenvalue weighted by Gasteiger charge is 2.49. The van der Waals surface area contributed by atoms with Crippen LogP contribution < -0.4 is 0 Å². The molecular formula is C30H50O4. The fourth-order valence-electron chi connectivity index (χ4n) is 6.83. The number of fused-ring (bicyclic) bond motifs is 1. The number of aliphatic hydroxyl groups is 3. The van der Waals surface area contributed by atoms with Crippen molar-refractivity contribution in [1.29, 1.82) is 0 Å². The van der Waals surface area contributed by atoms with E-state index in [1.165, 1.54) is 37.7 Å². The van der Waals surface area contributed by atoms with Gasteiger partial charge >= 0.3 is 0 Å². The zero-order valence-electron chi connectivity index (χ0n) is 22.2. The molecule has 3 rings (SSSR count). The standard InChI is InChI=1S/C30H50O4/c1-20(2)21(3)9-10-22(4)25-13-14-26-24(8-6-15-30(25,26)5)12-11-23-18-27(32)29(28(33)19-23)34-17-7-16-31/h8,11-12,18,20-22,25-29,31-33H,6-7,9-10,13-17,19H2,1-5H3/b12-11+/t21-,22+,25+,26-,27+,28+,29-,30+/m0/s1. The normalized spacial score (nSPS) is 35.9. The molecule has 4 nitrogen and oxygen atoms in total. The third kappa shape index (κ3) is 6.43. The number of rotatable bonds is 11. The van der Waals surface area contributed by atoms with Crippen LogP contribution in [0.1, 0.15) is 86.0 Å². The van der Waals surface area contributed by atoms with Gasteiger partial charge in [-0.25, -0.2) is 0 Å². The summed E-state index contributed by atoms with van der Waals surface area (Å²) in [6.07, 6.45) is 15.2. The third-order valence-electron chi connectivity index (χ3n) is 9.43. The molecule has 0 aromatic carbocycles. The highest BCUT2D eigenvalue weighted by atomic mass is 16.5. The Morgan fingerprint density at radius 1 is 1.12 bits per heavy atom. The monoisotopic (exact) mass is 474 g/mol. The lowest BCUT2D eigenvalue weighted by atomic mass is 9.62. The Bertz CT molecular complexity index is 738. The van der Waals surface area contributed by atoms with Gasteiger partial charge in [-0.15, -0.1) is 0 Å². The Kier molecular flexibility index (Phi) is 10.0. The van der Waals surface area contributed by atoms with Crippen LogP contribution >= 0.6 is 0 Å². The Hall–Kier alpha value is -0.940. The number of aliphatic hydroxyl groups excluding tert-OH is 3. The minimum absolute atomic E-state index is 0.0502. The maximum Gasteiger partial charge on any atom is 0.113 e. The van der Waals surface area contributed by atoms with Gasteiger partial charge in [-0.05, 0) is 78.3 Å². The van der Waals surface area contributed by atoms with Crippen LogP contribution in [0.2, 0.25) is 0 Å². The molecule has 0 aromatic heterocycles. The Morgan fingerprint density at radius 3 is 2.56 bits per heavy atom. The molecule has 34 heavy (non-hydrogen) atoms. The highest BCUT2D eigenvalue weighted by molar-refractivity contribution is 5.35. The first-order valence-corrected chi connectivity index (χ1v) is 13.8. The van der Waals surface area contributed by atoms with E-state index in [0.717, 1.165) is 35.7 Å². The Morgan fingerprint density at radius 2 is 1.88 bits per heavy atom. The zero-order valence-corrected chi connectivity index (χ0v) is 22.2. The molecule has 8 atom stereocenters. The van der Waals surface area contributed by atoms with Crippen molar-refractivity contribution >= 4 is 0 Å². The van der Waals surface area contributed by atoms with Gasteiger partial charge < -0.3 is 20.1 Å². The van der Waals surface area contributed by atoms with Crippen molar-refractivity contribution in [2.75, 3.05) is 13.2 Å². The van der Waals surface area contributed by atoms with Crippen molar-refractivity contribution in [1.82, 2.24) is 0 Å². The molecule has 3 N–H and O–H groups in total. The number of allylic oxidation sites excluding steroid dienone is 4. The first-order chi connectivity index (χ1) is 16.2. The van der Waals surface area contributed by atoms with E-state index in [4.69, 9.17) is 9.84 Å². The van der Waals surface area contributed by atoms with Crippen LogP contribution in [-0.4, -0.2) is 46.8 Å². The van der Waals surface area contributed by atoms with E-state index in [9.17, 15) is 10.2 Å². The summed E-state index contributed by atoms with van der Waals surface area (Å²) >= 11 is 0. The molecule has 4 heteroatoms. The number of hydrogen-bond acceptors (Lipinski definition) is 4. The summed E-state index contributed by atoms with van der Waals surface area (Å²) in [6.45, 7) is 12.5. The molecule has 1 saturated carbocycles. The van der Waals surface area contributed by atoms with Gasteiger partial charge in [-0.1, -0.05) is 71.8 Å². The minimum atomic E-state index is -0.822. The van der Waals surface area contributed by atoms with Crippen molar-refractivity contribution in [2.45, 2.75) is 104 Å². The molecule has 0 unspecified atom stereocenters. The van der Waals surface area contributed by atoms with Crippen LogP contribution in [0.3, 0.4) is 0 Å². The molecule has 0 radical (unpaired) electrons. The van der Waals surface area contributed by atoms with Gasteiger partial charge in [0.15, 0.2) is 0 Å². The largest absolute Gasteiger partial charge is 0.396 e. The van der Waals surface area contributed by atoms with Crippen molar-refractivity contribution in [2.24, 2.45) is 35.0 Å². The highest BCUT2D eigenvalue weighted by Crippen LogP contribution is 2.58. The maximum absolute atomic E-state index is 10.5. The van der Waals surface area contributed by atoms with E-state index in [0.29, 0.717) is 30.8 Å². The van der Waals surface area contributed by atoms with E-state index in [-0.39, 0.29) is 6.61 Å². The second-order valence-corrected chi connectivity index (χ2v) is 12.0. The van der Waals surface area contributed by atoms with Crippen LogP contribution in [0, 0.1) is 35.0 Å². The first-order valence-electron chi connectivity index (χ1n) is 13.8. The van der Waals surface area contributed by atoms with Crippen molar-refractivity contribution in [3.63, 3.8) is 0 Å². The second kappa shape index (κ2) is 12.3. The molecule has 0 aromatic rings. The third-order valence-corrected chi connectivity index (χ3v) is 9.43. The van der Waals surface area contributed by atoms with E-state index in [2.05, 4.69) is 52.8 Å². The van der Waals surface area contributed by atoms with Crippen LogP contribution in [0.4, 0.5) is 0 Å². The summed E-state index contributed by atoms with van der Waals surface area (Å²) in [5, 5.41) is 29.9. The summed E-state index contributed by atoms with van der Waals surface area (Å²) in [4.78, 5) is 0. The SMILES string of the molecule is CC(C)[C@@H](C)CC[C@@H](C)[C@H]1CC[C@H]2C(/C=C/C3=C[C@@H](O)[C@H](OCCCO)[C@H](O)C3)=CCC[C@]12C. The molecule has 1 fully saturated rings. The summed E-state index contributed by atoms with van der Waals surface area (Å²) < 4.78 is 5.60. The molecule has 3 aliphatic carbocycles. The average molecular weight is 475 g/mol. The number of hydrogen-bond donors (Lipinski definition) is 3. The van der Waals surface area contributed by atoms with Crippen LogP contribution in [0.5, 0.6) is 0 Å². The molecular weight excluding hydrogens is 424 g/mol. The summed E-state index contributed by atoms with van der Waals surface area (Å²) in [7, 11) is 0.